The van der Waals surface area contributed by atoms with Gasteiger partial charge in [0, 0.05) is 24.0 Å². The predicted octanol–water partition coefficient (Wildman–Crippen LogP) is 3.08. The van der Waals surface area contributed by atoms with Gasteiger partial charge in [-0.05, 0) is 24.3 Å². The molecule has 6 heteroatoms. The van der Waals surface area contributed by atoms with E-state index in [1.165, 1.54) is 6.07 Å². The quantitative estimate of drug-likeness (QED) is 0.709. The Balaban J connectivity index is 2.02. The maximum absolute atomic E-state index is 13.6. The fourth-order valence-electron chi connectivity index (χ4n) is 1.61. The van der Waals surface area contributed by atoms with E-state index in [1.807, 2.05) is 0 Å². The van der Waals surface area contributed by atoms with Gasteiger partial charge in [0.15, 0.2) is 0 Å². The van der Waals surface area contributed by atoms with Gasteiger partial charge in [0.2, 0.25) is 5.82 Å². The summed E-state index contributed by atoms with van der Waals surface area (Å²) in [6.07, 6.45) is 3.18. The molecule has 19 heavy (non-hydrogen) atoms. The van der Waals surface area contributed by atoms with Gasteiger partial charge in [-0.2, -0.15) is 4.98 Å². The van der Waals surface area contributed by atoms with Gasteiger partial charge in [-0.25, -0.2) is 8.78 Å². The van der Waals surface area contributed by atoms with Gasteiger partial charge in [0.05, 0.1) is 5.56 Å². The highest BCUT2D eigenvalue weighted by Crippen LogP contribution is 2.24. The van der Waals surface area contributed by atoms with Crippen molar-refractivity contribution in [1.82, 2.24) is 15.1 Å². The third kappa shape index (κ3) is 2.20. The van der Waals surface area contributed by atoms with Crippen molar-refractivity contribution in [1.29, 1.82) is 0 Å². The Morgan fingerprint density at radius 3 is 2.74 bits per heavy atom. The Hall–Kier alpha value is -2.63. The van der Waals surface area contributed by atoms with Gasteiger partial charge < -0.3 is 4.52 Å². The Morgan fingerprint density at radius 1 is 1.11 bits per heavy atom. The second-order valence-corrected chi connectivity index (χ2v) is 3.79. The van der Waals surface area contributed by atoms with Crippen LogP contribution in [0.15, 0.2) is 47.2 Å². The van der Waals surface area contributed by atoms with Crippen LogP contribution in [0.2, 0.25) is 0 Å². The van der Waals surface area contributed by atoms with Crippen molar-refractivity contribution in [2.24, 2.45) is 0 Å². The molecule has 0 atom stereocenters. The number of rotatable bonds is 2. The summed E-state index contributed by atoms with van der Waals surface area (Å²) in [5.74, 6) is -1.11. The molecule has 0 unspecified atom stereocenters. The summed E-state index contributed by atoms with van der Waals surface area (Å²) in [4.78, 5) is 7.99. The number of benzene rings is 1. The summed E-state index contributed by atoms with van der Waals surface area (Å²) < 4.78 is 31.4. The third-order valence-corrected chi connectivity index (χ3v) is 2.51. The van der Waals surface area contributed by atoms with Crippen LogP contribution in [-0.4, -0.2) is 15.1 Å². The molecule has 0 bridgehead atoms. The Bertz CT molecular complexity index is 713. The van der Waals surface area contributed by atoms with Crippen LogP contribution in [0.4, 0.5) is 8.78 Å². The van der Waals surface area contributed by atoms with Crippen LogP contribution in [0.5, 0.6) is 0 Å². The zero-order valence-electron chi connectivity index (χ0n) is 9.55. The second-order valence-electron chi connectivity index (χ2n) is 3.79. The first-order chi connectivity index (χ1) is 9.24. The minimum absolute atomic E-state index is 0.00338. The Morgan fingerprint density at radius 2 is 2.00 bits per heavy atom. The van der Waals surface area contributed by atoms with Crippen molar-refractivity contribution < 1.29 is 13.3 Å². The van der Waals surface area contributed by atoms with Crippen LogP contribution in [0.1, 0.15) is 0 Å². The zero-order chi connectivity index (χ0) is 13.2. The van der Waals surface area contributed by atoms with Gasteiger partial charge >= 0.3 is 0 Å². The summed E-state index contributed by atoms with van der Waals surface area (Å²) in [5, 5.41) is 3.74. The lowest BCUT2D eigenvalue weighted by Gasteiger charge is -1.96. The molecular formula is C13H7F2N3O. The smallest absolute Gasteiger partial charge is 0.261 e. The van der Waals surface area contributed by atoms with E-state index in [9.17, 15) is 8.78 Å². The lowest BCUT2D eigenvalue weighted by Crippen LogP contribution is -1.87. The molecule has 0 fully saturated rings. The molecule has 2 aromatic heterocycles. The molecular weight excluding hydrogens is 252 g/mol. The number of nitrogens with zero attached hydrogens (tertiary/aromatic N) is 3. The third-order valence-electron chi connectivity index (χ3n) is 2.51. The van der Waals surface area contributed by atoms with E-state index in [0.29, 0.717) is 11.4 Å². The summed E-state index contributed by atoms with van der Waals surface area (Å²) in [5.41, 5.74) is 0.712. The monoisotopic (exact) mass is 259 g/mol. The zero-order valence-corrected chi connectivity index (χ0v) is 9.55. The summed E-state index contributed by atoms with van der Waals surface area (Å²) in [6, 6.07) is 6.63. The summed E-state index contributed by atoms with van der Waals surface area (Å²) in [6.45, 7) is 0. The number of aromatic nitrogens is 3. The number of hydrogen-bond acceptors (Lipinski definition) is 4. The lowest BCUT2D eigenvalue weighted by molar-refractivity contribution is 0.429. The fourth-order valence-corrected chi connectivity index (χ4v) is 1.61. The molecule has 0 saturated carbocycles. The molecule has 0 aliphatic rings. The van der Waals surface area contributed by atoms with Crippen LogP contribution >= 0.6 is 0 Å². The van der Waals surface area contributed by atoms with E-state index in [4.69, 9.17) is 4.52 Å². The maximum atomic E-state index is 13.6. The SMILES string of the molecule is Fc1ccc(-c2nc(-c3cccnc3)no2)c(F)c1. The average molecular weight is 259 g/mol. The molecule has 0 aliphatic heterocycles. The van der Waals surface area contributed by atoms with E-state index >= 15 is 0 Å². The number of hydrogen-bond donors (Lipinski definition) is 0. The molecule has 0 spiro atoms. The van der Waals surface area contributed by atoms with Gasteiger partial charge in [-0.3, -0.25) is 4.98 Å². The Kier molecular flexibility index (Phi) is 2.75. The van der Waals surface area contributed by atoms with E-state index in [0.717, 1.165) is 12.1 Å². The molecule has 3 aromatic rings. The molecule has 0 saturated heterocycles. The van der Waals surface area contributed by atoms with Crippen molar-refractivity contribution in [3.63, 3.8) is 0 Å². The highest BCUT2D eigenvalue weighted by atomic mass is 19.1. The van der Waals surface area contributed by atoms with Gasteiger partial charge in [-0.1, -0.05) is 5.16 Å². The average Bonchev–Trinajstić information content (AvgIpc) is 2.89. The Labute approximate surface area is 106 Å². The minimum atomic E-state index is -0.749. The predicted molar refractivity (Wildman–Crippen MR) is 62.9 cm³/mol. The normalized spacial score (nSPS) is 10.6. The van der Waals surface area contributed by atoms with E-state index < -0.39 is 11.6 Å². The molecule has 94 valence electrons. The van der Waals surface area contributed by atoms with Crippen LogP contribution < -0.4 is 0 Å². The fraction of sp³-hybridized carbons (Fsp3) is 0. The summed E-state index contributed by atoms with van der Waals surface area (Å²) in [7, 11) is 0. The van der Waals surface area contributed by atoms with Crippen LogP contribution in [0.25, 0.3) is 22.8 Å². The van der Waals surface area contributed by atoms with Crippen molar-refractivity contribution in [2.45, 2.75) is 0 Å². The van der Waals surface area contributed by atoms with Gasteiger partial charge in [0.1, 0.15) is 11.6 Å². The first-order valence-electron chi connectivity index (χ1n) is 5.43. The standard InChI is InChI=1S/C13H7F2N3O/c14-9-3-4-10(11(15)6-9)13-17-12(18-19-13)8-2-1-5-16-7-8/h1-7H. The second kappa shape index (κ2) is 4.56. The van der Waals surface area contributed by atoms with E-state index in [-0.39, 0.29) is 11.5 Å². The van der Waals surface area contributed by atoms with Crippen molar-refractivity contribution in [2.75, 3.05) is 0 Å². The van der Waals surface area contributed by atoms with E-state index in [2.05, 4.69) is 15.1 Å². The first-order valence-corrected chi connectivity index (χ1v) is 5.43. The van der Waals surface area contributed by atoms with Gasteiger partial charge in [-0.15, -0.1) is 0 Å². The largest absolute Gasteiger partial charge is 0.334 e. The number of halogens is 2. The molecule has 0 radical (unpaired) electrons. The van der Waals surface area contributed by atoms with Crippen molar-refractivity contribution in [3.05, 3.63) is 54.4 Å². The van der Waals surface area contributed by atoms with Gasteiger partial charge in [0.25, 0.3) is 5.89 Å². The topological polar surface area (TPSA) is 51.8 Å². The molecule has 0 N–H and O–H groups in total. The highest BCUT2D eigenvalue weighted by Gasteiger charge is 2.14. The lowest BCUT2D eigenvalue weighted by atomic mass is 10.2. The number of pyridine rings is 1. The van der Waals surface area contributed by atoms with E-state index in [1.54, 1.807) is 24.5 Å². The molecule has 3 rings (SSSR count). The van der Waals surface area contributed by atoms with Crippen molar-refractivity contribution in [3.8, 4) is 22.8 Å². The molecule has 0 amide bonds. The molecule has 1 aromatic carbocycles. The summed E-state index contributed by atoms with van der Waals surface area (Å²) >= 11 is 0. The van der Waals surface area contributed by atoms with Crippen LogP contribution in [0, 0.1) is 11.6 Å². The maximum Gasteiger partial charge on any atom is 0.261 e. The van der Waals surface area contributed by atoms with Crippen LogP contribution in [-0.2, 0) is 0 Å². The van der Waals surface area contributed by atoms with Crippen molar-refractivity contribution >= 4 is 0 Å². The highest BCUT2D eigenvalue weighted by molar-refractivity contribution is 5.59. The van der Waals surface area contributed by atoms with Crippen LogP contribution in [0.3, 0.4) is 0 Å². The minimum Gasteiger partial charge on any atom is -0.334 e. The molecule has 2 heterocycles. The molecule has 4 nitrogen and oxygen atoms in total. The first kappa shape index (κ1) is 11.5. The molecule has 0 aliphatic carbocycles.